The Morgan fingerprint density at radius 3 is 2.43 bits per heavy atom. The van der Waals surface area contributed by atoms with Crippen LogP contribution in [-0.2, 0) is 6.42 Å². The van der Waals surface area contributed by atoms with Gasteiger partial charge in [0, 0.05) is 23.7 Å². The molecule has 2 aromatic carbocycles. The fraction of sp³-hybridized carbons (Fsp3) is 0.174. The second-order valence-corrected chi connectivity index (χ2v) is 6.58. The summed E-state index contributed by atoms with van der Waals surface area (Å²) in [5.74, 6) is 1.74. The van der Waals surface area contributed by atoms with Crippen LogP contribution >= 0.6 is 0 Å². The van der Waals surface area contributed by atoms with Gasteiger partial charge in [-0.1, -0.05) is 12.1 Å². The average molecular weight is 404 g/mol. The quantitative estimate of drug-likeness (QED) is 0.424. The van der Waals surface area contributed by atoms with Gasteiger partial charge in [0.25, 0.3) is 0 Å². The van der Waals surface area contributed by atoms with Gasteiger partial charge in [0.2, 0.25) is 11.6 Å². The van der Waals surface area contributed by atoms with Crippen LogP contribution in [0.3, 0.4) is 0 Å². The number of fused-ring (bicyclic) bond motifs is 1. The first-order valence-electron chi connectivity index (χ1n) is 9.26. The summed E-state index contributed by atoms with van der Waals surface area (Å²) in [6, 6.07) is 12.7. The lowest BCUT2D eigenvalue weighted by atomic mass is 10.0. The van der Waals surface area contributed by atoms with Gasteiger partial charge in [0.15, 0.2) is 22.9 Å². The molecule has 0 spiro atoms. The molecule has 0 bridgehead atoms. The van der Waals surface area contributed by atoms with Crippen molar-refractivity contribution in [1.29, 1.82) is 0 Å². The van der Waals surface area contributed by atoms with E-state index in [1.807, 2.05) is 24.3 Å². The number of benzene rings is 2. The van der Waals surface area contributed by atoms with Crippen LogP contribution in [-0.4, -0.2) is 37.1 Å². The number of carbonyl (C=O) groups excluding carboxylic acids is 1. The van der Waals surface area contributed by atoms with Crippen LogP contribution in [0.15, 0.2) is 59.3 Å². The third-order valence-electron chi connectivity index (χ3n) is 4.72. The summed E-state index contributed by atoms with van der Waals surface area (Å²) in [4.78, 5) is 21.5. The first kappa shape index (κ1) is 19.4. The van der Waals surface area contributed by atoms with Crippen molar-refractivity contribution in [2.75, 3.05) is 21.3 Å². The summed E-state index contributed by atoms with van der Waals surface area (Å²) in [5, 5.41) is 0. The monoisotopic (exact) mass is 404 g/mol. The summed E-state index contributed by atoms with van der Waals surface area (Å²) in [6.07, 6.45) is 3.50. The number of carbonyl (C=O) groups is 1. The van der Waals surface area contributed by atoms with Crippen molar-refractivity contribution in [3.8, 4) is 28.7 Å². The fourth-order valence-electron chi connectivity index (χ4n) is 3.25. The van der Waals surface area contributed by atoms with Crippen molar-refractivity contribution in [2.24, 2.45) is 0 Å². The number of ether oxygens (including phenoxy) is 3. The number of Topliss-reactive ketones (excluding diaryl/α,β-unsaturated/α-hetero) is 1. The minimum absolute atomic E-state index is 0.0758. The standard InChI is InChI=1S/C23H20N2O5/c1-27-19-11-16(12-20(28-2)22(19)29-3)18(26)10-14-5-4-6-15(9-14)23-25-17-7-8-24-13-21(17)30-23/h4-9,11-13H,10H2,1-3H3. The van der Waals surface area contributed by atoms with Crippen LogP contribution in [0.2, 0.25) is 0 Å². The number of aromatic nitrogens is 2. The third-order valence-corrected chi connectivity index (χ3v) is 4.72. The van der Waals surface area contributed by atoms with E-state index in [4.69, 9.17) is 18.6 Å². The Labute approximate surface area is 173 Å². The van der Waals surface area contributed by atoms with Crippen LogP contribution in [0.4, 0.5) is 0 Å². The highest BCUT2D eigenvalue weighted by molar-refractivity contribution is 5.98. The summed E-state index contributed by atoms with van der Waals surface area (Å²) < 4.78 is 21.8. The van der Waals surface area contributed by atoms with E-state index >= 15 is 0 Å². The highest BCUT2D eigenvalue weighted by Gasteiger charge is 2.18. The average Bonchev–Trinajstić information content (AvgIpc) is 3.22. The van der Waals surface area contributed by atoms with Crippen LogP contribution in [0, 0.1) is 0 Å². The maximum absolute atomic E-state index is 12.9. The zero-order chi connectivity index (χ0) is 21.1. The Bertz CT molecular complexity index is 1160. The first-order valence-corrected chi connectivity index (χ1v) is 9.26. The molecule has 0 atom stereocenters. The summed E-state index contributed by atoms with van der Waals surface area (Å²) in [5.41, 5.74) is 3.46. The second-order valence-electron chi connectivity index (χ2n) is 6.58. The van der Waals surface area contributed by atoms with Crippen molar-refractivity contribution in [2.45, 2.75) is 6.42 Å². The van der Waals surface area contributed by atoms with E-state index in [2.05, 4.69) is 9.97 Å². The highest BCUT2D eigenvalue weighted by Crippen LogP contribution is 2.38. The lowest BCUT2D eigenvalue weighted by Gasteiger charge is -2.13. The predicted octanol–water partition coefficient (Wildman–Crippen LogP) is 4.34. The van der Waals surface area contributed by atoms with Gasteiger partial charge in [-0.3, -0.25) is 9.78 Å². The van der Waals surface area contributed by atoms with E-state index in [0.717, 1.165) is 16.6 Å². The van der Waals surface area contributed by atoms with Crippen LogP contribution in [0.25, 0.3) is 22.6 Å². The molecule has 152 valence electrons. The number of hydrogen-bond donors (Lipinski definition) is 0. The van der Waals surface area contributed by atoms with Crippen LogP contribution in [0.5, 0.6) is 17.2 Å². The Morgan fingerprint density at radius 2 is 1.77 bits per heavy atom. The molecule has 0 aliphatic heterocycles. The van der Waals surface area contributed by atoms with E-state index in [0.29, 0.717) is 34.3 Å². The molecule has 0 saturated heterocycles. The van der Waals surface area contributed by atoms with Gasteiger partial charge in [0.1, 0.15) is 5.52 Å². The SMILES string of the molecule is COc1cc(C(=O)Cc2cccc(-c3nc4ccncc4o3)c2)cc(OC)c1OC. The maximum Gasteiger partial charge on any atom is 0.227 e. The summed E-state index contributed by atoms with van der Waals surface area (Å²) in [7, 11) is 4.56. The molecule has 0 aliphatic rings. The highest BCUT2D eigenvalue weighted by atomic mass is 16.5. The van der Waals surface area contributed by atoms with Gasteiger partial charge in [-0.05, 0) is 35.9 Å². The minimum Gasteiger partial charge on any atom is -0.493 e. The normalized spacial score (nSPS) is 10.8. The molecule has 0 unspecified atom stereocenters. The minimum atomic E-state index is -0.0758. The lowest BCUT2D eigenvalue weighted by molar-refractivity contribution is 0.0992. The Kier molecular flexibility index (Phi) is 5.34. The van der Waals surface area contributed by atoms with Crippen molar-refractivity contribution < 1.29 is 23.4 Å². The number of nitrogens with zero attached hydrogens (tertiary/aromatic N) is 2. The Morgan fingerprint density at radius 1 is 1.00 bits per heavy atom. The van der Waals surface area contributed by atoms with Gasteiger partial charge >= 0.3 is 0 Å². The molecule has 2 aromatic heterocycles. The molecular weight excluding hydrogens is 384 g/mol. The molecule has 0 fully saturated rings. The molecule has 0 N–H and O–H groups in total. The number of rotatable bonds is 7. The molecular formula is C23H20N2O5. The van der Waals surface area contributed by atoms with Crippen LogP contribution in [0.1, 0.15) is 15.9 Å². The van der Waals surface area contributed by atoms with Crippen LogP contribution < -0.4 is 14.2 Å². The van der Waals surface area contributed by atoms with E-state index in [1.165, 1.54) is 21.3 Å². The molecule has 0 radical (unpaired) electrons. The fourth-order valence-corrected chi connectivity index (χ4v) is 3.25. The Balaban J connectivity index is 1.62. The second kappa shape index (κ2) is 8.24. The van der Waals surface area contributed by atoms with E-state index in [9.17, 15) is 4.79 Å². The number of methoxy groups -OCH3 is 3. The van der Waals surface area contributed by atoms with Gasteiger partial charge in [-0.2, -0.15) is 0 Å². The molecule has 4 rings (SSSR count). The zero-order valence-corrected chi connectivity index (χ0v) is 16.8. The van der Waals surface area contributed by atoms with E-state index in [-0.39, 0.29) is 12.2 Å². The predicted molar refractivity (Wildman–Crippen MR) is 111 cm³/mol. The van der Waals surface area contributed by atoms with Gasteiger partial charge in [-0.25, -0.2) is 4.98 Å². The number of oxazole rings is 1. The van der Waals surface area contributed by atoms with Crippen molar-refractivity contribution >= 4 is 16.9 Å². The van der Waals surface area contributed by atoms with Gasteiger partial charge in [-0.15, -0.1) is 0 Å². The Hall–Kier alpha value is -3.87. The van der Waals surface area contributed by atoms with Crippen molar-refractivity contribution in [3.63, 3.8) is 0 Å². The van der Waals surface area contributed by atoms with Crippen molar-refractivity contribution in [3.05, 3.63) is 66.0 Å². The molecule has 0 saturated carbocycles. The molecule has 7 heteroatoms. The number of pyridine rings is 1. The first-order chi connectivity index (χ1) is 14.6. The van der Waals surface area contributed by atoms with E-state index in [1.54, 1.807) is 30.6 Å². The summed E-state index contributed by atoms with van der Waals surface area (Å²) in [6.45, 7) is 0. The molecule has 30 heavy (non-hydrogen) atoms. The molecule has 2 heterocycles. The molecule has 4 aromatic rings. The number of ketones is 1. The molecule has 7 nitrogen and oxygen atoms in total. The van der Waals surface area contributed by atoms with E-state index < -0.39 is 0 Å². The third kappa shape index (κ3) is 3.69. The zero-order valence-electron chi connectivity index (χ0n) is 16.8. The molecule has 0 aliphatic carbocycles. The molecule has 0 amide bonds. The largest absolute Gasteiger partial charge is 0.493 e. The smallest absolute Gasteiger partial charge is 0.227 e. The van der Waals surface area contributed by atoms with Crippen molar-refractivity contribution in [1.82, 2.24) is 9.97 Å². The van der Waals surface area contributed by atoms with Gasteiger partial charge < -0.3 is 18.6 Å². The summed E-state index contributed by atoms with van der Waals surface area (Å²) >= 11 is 0. The topological polar surface area (TPSA) is 83.7 Å². The maximum atomic E-state index is 12.9. The number of hydrogen-bond acceptors (Lipinski definition) is 7. The van der Waals surface area contributed by atoms with Gasteiger partial charge in [0.05, 0.1) is 27.5 Å². The lowest BCUT2D eigenvalue weighted by Crippen LogP contribution is -2.06.